The first-order valence-electron chi connectivity index (χ1n) is 13.9. The summed E-state index contributed by atoms with van der Waals surface area (Å²) in [5, 5.41) is 14.3. The third-order valence-corrected chi connectivity index (χ3v) is 6.94. The van der Waals surface area contributed by atoms with Crippen LogP contribution in [0.15, 0.2) is 36.4 Å². The van der Waals surface area contributed by atoms with E-state index in [2.05, 4.69) is 15.6 Å². The van der Waals surface area contributed by atoms with Gasteiger partial charge in [-0.15, -0.1) is 0 Å². The molecule has 0 saturated carbocycles. The van der Waals surface area contributed by atoms with Crippen LogP contribution >= 0.6 is 0 Å². The first-order chi connectivity index (χ1) is 19.7. The Morgan fingerprint density at radius 3 is 2.33 bits per heavy atom. The topological polar surface area (TPSA) is 159 Å². The molecule has 12 nitrogen and oxygen atoms in total. The molecule has 1 fully saturated rings. The van der Waals surface area contributed by atoms with Crippen molar-refractivity contribution >= 4 is 23.8 Å². The zero-order valence-electron chi connectivity index (χ0n) is 25.1. The molecule has 2 unspecified atom stereocenters. The number of aryl methyl sites for hydroxylation is 2. The minimum Gasteiger partial charge on any atom is -0.489 e. The van der Waals surface area contributed by atoms with Crippen LogP contribution < -0.4 is 20.9 Å². The summed E-state index contributed by atoms with van der Waals surface area (Å²) >= 11 is 0. The van der Waals surface area contributed by atoms with Gasteiger partial charge in [0, 0.05) is 24.5 Å². The summed E-state index contributed by atoms with van der Waals surface area (Å²) in [6.07, 6.45) is -0.202. The molecular formula is C30H41N5O7. The van der Waals surface area contributed by atoms with E-state index in [1.54, 1.807) is 26.3 Å². The fourth-order valence-electron chi connectivity index (χ4n) is 4.91. The summed E-state index contributed by atoms with van der Waals surface area (Å²) in [6.45, 7) is 11.2. The SMILES string of the molecule is Cc1cc(COc2ccc(C3(C)CCN(C(CCNC(=O)CNC(=O)OC(C)(C)C)C(=O)NO)C3=O)cc2)cc(C)n1. The number of nitrogens with zero attached hydrogens (tertiary/aromatic N) is 2. The number of hydrogen-bond acceptors (Lipinski definition) is 8. The molecule has 1 aromatic heterocycles. The van der Waals surface area contributed by atoms with E-state index in [-0.39, 0.29) is 25.4 Å². The quantitative estimate of drug-likeness (QED) is 0.232. The molecular weight excluding hydrogens is 542 g/mol. The molecule has 4 N–H and O–H groups in total. The van der Waals surface area contributed by atoms with Crippen LogP contribution in [0.5, 0.6) is 5.75 Å². The van der Waals surface area contributed by atoms with E-state index >= 15 is 0 Å². The van der Waals surface area contributed by atoms with Crippen LogP contribution in [-0.2, 0) is 31.1 Å². The van der Waals surface area contributed by atoms with Crippen LogP contribution in [0.4, 0.5) is 4.79 Å². The van der Waals surface area contributed by atoms with Gasteiger partial charge in [-0.1, -0.05) is 12.1 Å². The van der Waals surface area contributed by atoms with Gasteiger partial charge in [0.25, 0.3) is 5.91 Å². The lowest BCUT2D eigenvalue weighted by Gasteiger charge is -2.29. The molecule has 1 saturated heterocycles. The van der Waals surface area contributed by atoms with Crippen molar-refractivity contribution in [2.45, 2.75) is 78.0 Å². The Bertz CT molecular complexity index is 1270. The molecule has 0 radical (unpaired) electrons. The van der Waals surface area contributed by atoms with Crippen molar-refractivity contribution in [2.24, 2.45) is 0 Å². The Morgan fingerprint density at radius 2 is 1.74 bits per heavy atom. The number of aromatic nitrogens is 1. The largest absolute Gasteiger partial charge is 0.489 e. The van der Waals surface area contributed by atoms with Gasteiger partial charge < -0.3 is 25.0 Å². The lowest BCUT2D eigenvalue weighted by molar-refractivity contribution is -0.144. The van der Waals surface area contributed by atoms with Crippen molar-refractivity contribution in [2.75, 3.05) is 19.6 Å². The van der Waals surface area contributed by atoms with E-state index in [4.69, 9.17) is 9.47 Å². The van der Waals surface area contributed by atoms with Crippen molar-refractivity contribution in [1.29, 1.82) is 0 Å². The minimum absolute atomic E-state index is 0.0377. The van der Waals surface area contributed by atoms with Gasteiger partial charge >= 0.3 is 6.09 Å². The molecule has 2 aromatic rings. The minimum atomic E-state index is -1.00. The highest BCUT2D eigenvalue weighted by Crippen LogP contribution is 2.37. The number of alkyl carbamates (subject to hydrolysis) is 1. The molecule has 0 aliphatic carbocycles. The van der Waals surface area contributed by atoms with E-state index in [1.807, 2.05) is 57.2 Å². The van der Waals surface area contributed by atoms with Crippen LogP contribution in [0, 0.1) is 13.8 Å². The number of benzene rings is 1. The van der Waals surface area contributed by atoms with E-state index in [1.165, 1.54) is 4.90 Å². The predicted octanol–water partition coefficient (Wildman–Crippen LogP) is 2.67. The molecule has 1 aromatic carbocycles. The Hall–Kier alpha value is -4.19. The normalized spacial score (nSPS) is 17.4. The zero-order valence-corrected chi connectivity index (χ0v) is 25.1. The smallest absolute Gasteiger partial charge is 0.408 e. The Kier molecular flexibility index (Phi) is 10.5. The van der Waals surface area contributed by atoms with Crippen molar-refractivity contribution < 1.29 is 33.9 Å². The van der Waals surface area contributed by atoms with Gasteiger partial charge in [0.2, 0.25) is 11.8 Å². The number of likely N-dealkylation sites (tertiary alicyclic amines) is 1. The second kappa shape index (κ2) is 13.6. The lowest BCUT2D eigenvalue weighted by Crippen LogP contribution is -2.50. The molecule has 0 spiro atoms. The van der Waals surface area contributed by atoms with Gasteiger partial charge in [-0.25, -0.2) is 10.3 Å². The van der Waals surface area contributed by atoms with Crippen molar-refractivity contribution in [3.05, 3.63) is 58.9 Å². The van der Waals surface area contributed by atoms with Gasteiger partial charge in [0.05, 0.1) is 12.0 Å². The van der Waals surface area contributed by atoms with E-state index in [0.717, 1.165) is 22.5 Å². The highest BCUT2D eigenvalue weighted by atomic mass is 16.6. The average Bonchev–Trinajstić information content (AvgIpc) is 3.22. The first-order valence-corrected chi connectivity index (χ1v) is 13.9. The fourth-order valence-corrected chi connectivity index (χ4v) is 4.91. The van der Waals surface area contributed by atoms with Gasteiger partial charge in [0.15, 0.2) is 0 Å². The van der Waals surface area contributed by atoms with E-state index in [9.17, 15) is 24.4 Å². The van der Waals surface area contributed by atoms with Crippen molar-refractivity contribution in [1.82, 2.24) is 26.0 Å². The summed E-state index contributed by atoms with van der Waals surface area (Å²) in [7, 11) is 0. The number of ether oxygens (including phenoxy) is 2. The zero-order chi connectivity index (χ0) is 31.1. The molecule has 1 aliphatic rings. The molecule has 4 amide bonds. The lowest BCUT2D eigenvalue weighted by atomic mass is 9.81. The summed E-state index contributed by atoms with van der Waals surface area (Å²) in [5.74, 6) is -0.839. The second-order valence-corrected chi connectivity index (χ2v) is 11.6. The third-order valence-electron chi connectivity index (χ3n) is 6.94. The number of amides is 4. The Balaban J connectivity index is 1.58. The summed E-state index contributed by atoms with van der Waals surface area (Å²) < 4.78 is 11.0. The number of pyridine rings is 1. The van der Waals surface area contributed by atoms with Gasteiger partial charge in [0.1, 0.15) is 24.0 Å². The van der Waals surface area contributed by atoms with Gasteiger partial charge in [-0.2, -0.15) is 0 Å². The highest BCUT2D eigenvalue weighted by Gasteiger charge is 2.47. The average molecular weight is 584 g/mol. The van der Waals surface area contributed by atoms with Gasteiger partial charge in [-0.3, -0.25) is 24.6 Å². The van der Waals surface area contributed by atoms with Crippen molar-refractivity contribution in [3.8, 4) is 5.75 Å². The summed E-state index contributed by atoms with van der Waals surface area (Å²) in [4.78, 5) is 55.9. The number of carbonyl (C=O) groups is 4. The molecule has 42 heavy (non-hydrogen) atoms. The molecule has 228 valence electrons. The standard InChI is InChI=1S/C30H41N5O7/c1-19-15-21(16-20(2)33-19)18-41-23-9-7-22(8-10-23)30(6)12-14-35(27(30)38)24(26(37)34-40)11-13-31-25(36)17-32-28(39)42-29(3,4)5/h7-10,15-16,24,40H,11-14,17-18H2,1-6H3,(H,31,36)(H,32,39)(H,34,37). The van der Waals surface area contributed by atoms with E-state index in [0.29, 0.717) is 25.3 Å². The maximum Gasteiger partial charge on any atom is 0.408 e. The number of hydrogen-bond donors (Lipinski definition) is 4. The van der Waals surface area contributed by atoms with Crippen LogP contribution in [-0.4, -0.2) is 70.2 Å². The monoisotopic (exact) mass is 583 g/mol. The molecule has 2 heterocycles. The van der Waals surface area contributed by atoms with Crippen LogP contribution in [0.3, 0.4) is 0 Å². The van der Waals surface area contributed by atoms with E-state index < -0.39 is 35.0 Å². The molecule has 2 atom stereocenters. The fraction of sp³-hybridized carbons (Fsp3) is 0.500. The molecule has 0 bridgehead atoms. The number of hydroxylamine groups is 1. The Morgan fingerprint density at radius 1 is 1.10 bits per heavy atom. The predicted molar refractivity (Wildman–Crippen MR) is 154 cm³/mol. The van der Waals surface area contributed by atoms with Crippen LogP contribution in [0.25, 0.3) is 0 Å². The maximum absolute atomic E-state index is 13.6. The summed E-state index contributed by atoms with van der Waals surface area (Å²) in [6, 6.07) is 10.3. The molecule has 1 aliphatic heterocycles. The van der Waals surface area contributed by atoms with Crippen molar-refractivity contribution in [3.63, 3.8) is 0 Å². The Labute approximate surface area is 246 Å². The number of nitrogens with one attached hydrogen (secondary N) is 3. The molecule has 3 rings (SSSR count). The maximum atomic E-state index is 13.6. The summed E-state index contributed by atoms with van der Waals surface area (Å²) in [5.41, 5.74) is 3.69. The number of rotatable bonds is 11. The molecule has 12 heteroatoms. The van der Waals surface area contributed by atoms with Gasteiger partial charge in [-0.05, 0) is 89.8 Å². The number of carbonyl (C=O) groups excluding carboxylic acids is 4. The second-order valence-electron chi connectivity index (χ2n) is 11.6. The van der Waals surface area contributed by atoms with Crippen LogP contribution in [0.1, 0.15) is 63.1 Å². The first kappa shape index (κ1) is 32.3. The highest BCUT2D eigenvalue weighted by molar-refractivity contribution is 5.94. The third kappa shape index (κ3) is 8.65. The van der Waals surface area contributed by atoms with Crippen LogP contribution in [0.2, 0.25) is 0 Å².